The predicted octanol–water partition coefficient (Wildman–Crippen LogP) is 3.25. The van der Waals surface area contributed by atoms with E-state index >= 15 is 0 Å². The summed E-state index contributed by atoms with van der Waals surface area (Å²) in [4.78, 5) is 0. The Morgan fingerprint density at radius 3 is 2.72 bits per heavy atom. The maximum absolute atomic E-state index is 12.3. The minimum atomic E-state index is -3.32. The largest absolute Gasteiger partial charge is 0.492 e. The number of rotatable bonds is 8. The van der Waals surface area contributed by atoms with Gasteiger partial charge in [0.15, 0.2) is 0 Å². The summed E-state index contributed by atoms with van der Waals surface area (Å²) in [6.07, 6.45) is 3.27. The van der Waals surface area contributed by atoms with Crippen molar-refractivity contribution >= 4 is 33.2 Å². The zero-order chi connectivity index (χ0) is 22.7. The molecule has 2 aliphatic rings. The first-order valence-electron chi connectivity index (χ1n) is 11.0. The molecule has 174 valence electrons. The van der Waals surface area contributed by atoms with Crippen molar-refractivity contribution in [3.63, 3.8) is 0 Å². The van der Waals surface area contributed by atoms with Gasteiger partial charge in [-0.1, -0.05) is 35.3 Å². The molecular formula is C23H29Cl2N3O3S. The van der Waals surface area contributed by atoms with Crippen LogP contribution in [0.2, 0.25) is 10.0 Å². The molecule has 0 amide bonds. The van der Waals surface area contributed by atoms with Gasteiger partial charge in [0.2, 0.25) is 10.0 Å². The Balaban J connectivity index is 1.41. The van der Waals surface area contributed by atoms with Crippen molar-refractivity contribution < 1.29 is 13.2 Å². The number of aryl methyl sites for hydroxylation is 1. The quantitative estimate of drug-likeness (QED) is 0.486. The molecule has 1 aliphatic carbocycles. The SMILES string of the molecule is NC1CCc2ccc(OCCNS(=O)(=O)C3CCNC3)cc2C1Cc1ccc(Cl)c(Cl)c1. The third-order valence-electron chi connectivity index (χ3n) is 6.35. The van der Waals surface area contributed by atoms with Gasteiger partial charge in [0, 0.05) is 25.0 Å². The first-order chi connectivity index (χ1) is 15.3. The fourth-order valence-electron chi connectivity index (χ4n) is 4.54. The van der Waals surface area contributed by atoms with Crippen molar-refractivity contribution in [2.24, 2.45) is 5.73 Å². The highest BCUT2D eigenvalue weighted by Crippen LogP contribution is 2.36. The third kappa shape index (κ3) is 5.58. The van der Waals surface area contributed by atoms with Gasteiger partial charge in [-0.05, 0) is 73.2 Å². The fraction of sp³-hybridized carbons (Fsp3) is 0.478. The molecule has 0 spiro atoms. The van der Waals surface area contributed by atoms with Crippen molar-refractivity contribution in [1.82, 2.24) is 10.0 Å². The van der Waals surface area contributed by atoms with Crippen LogP contribution in [0.1, 0.15) is 35.4 Å². The molecule has 32 heavy (non-hydrogen) atoms. The summed E-state index contributed by atoms with van der Waals surface area (Å²) in [5.41, 5.74) is 10.1. The molecule has 6 nitrogen and oxygen atoms in total. The molecule has 1 saturated heterocycles. The summed E-state index contributed by atoms with van der Waals surface area (Å²) in [6.45, 7) is 1.74. The summed E-state index contributed by atoms with van der Waals surface area (Å²) < 4.78 is 33.1. The number of hydrogen-bond donors (Lipinski definition) is 3. The van der Waals surface area contributed by atoms with Crippen LogP contribution in [0.5, 0.6) is 5.75 Å². The molecule has 4 rings (SSSR count). The van der Waals surface area contributed by atoms with Crippen LogP contribution in [0.25, 0.3) is 0 Å². The Morgan fingerprint density at radius 2 is 1.97 bits per heavy atom. The molecule has 2 aromatic rings. The smallest absolute Gasteiger partial charge is 0.215 e. The van der Waals surface area contributed by atoms with Crippen LogP contribution >= 0.6 is 23.2 Å². The molecular weight excluding hydrogens is 469 g/mol. The lowest BCUT2D eigenvalue weighted by atomic mass is 9.76. The highest BCUT2D eigenvalue weighted by molar-refractivity contribution is 7.90. The normalized spacial score (nSPS) is 23.2. The molecule has 3 atom stereocenters. The molecule has 3 unspecified atom stereocenters. The highest BCUT2D eigenvalue weighted by Gasteiger charge is 2.29. The lowest BCUT2D eigenvalue weighted by Crippen LogP contribution is -2.37. The van der Waals surface area contributed by atoms with Crippen LogP contribution in [0.4, 0.5) is 0 Å². The standard InChI is InChI=1S/C23H29Cl2N3O3S/c24-21-5-1-15(12-22(21)25)11-20-19-13-17(4-2-16(19)3-6-23(20)26)31-10-9-28-32(29,30)18-7-8-27-14-18/h1-2,4-5,12-13,18,20,23,27-28H,3,6-11,14,26H2. The zero-order valence-corrected chi connectivity index (χ0v) is 20.1. The molecule has 1 aliphatic heterocycles. The maximum atomic E-state index is 12.3. The first kappa shape index (κ1) is 23.8. The van der Waals surface area contributed by atoms with E-state index in [1.54, 1.807) is 0 Å². The summed E-state index contributed by atoms with van der Waals surface area (Å²) in [5, 5.41) is 3.80. The lowest BCUT2D eigenvalue weighted by molar-refractivity contribution is 0.321. The number of benzene rings is 2. The number of fused-ring (bicyclic) bond motifs is 1. The number of halogens is 2. The molecule has 9 heteroatoms. The van der Waals surface area contributed by atoms with E-state index in [0.29, 0.717) is 23.0 Å². The van der Waals surface area contributed by atoms with Crippen molar-refractivity contribution in [3.05, 3.63) is 63.1 Å². The Kier molecular flexibility index (Phi) is 7.65. The number of nitrogens with one attached hydrogen (secondary N) is 2. The Bertz CT molecular complexity index is 1060. The second-order valence-corrected chi connectivity index (χ2v) is 11.4. The summed E-state index contributed by atoms with van der Waals surface area (Å²) >= 11 is 12.3. The minimum absolute atomic E-state index is 0.0408. The van der Waals surface area contributed by atoms with Crippen molar-refractivity contribution in [2.45, 2.75) is 42.9 Å². The van der Waals surface area contributed by atoms with E-state index in [4.69, 9.17) is 33.7 Å². The molecule has 0 radical (unpaired) electrons. The van der Waals surface area contributed by atoms with Crippen molar-refractivity contribution in [3.8, 4) is 5.75 Å². The van der Waals surface area contributed by atoms with E-state index in [9.17, 15) is 8.42 Å². The van der Waals surface area contributed by atoms with Crippen LogP contribution < -0.4 is 20.5 Å². The van der Waals surface area contributed by atoms with Crippen molar-refractivity contribution in [1.29, 1.82) is 0 Å². The van der Waals surface area contributed by atoms with Crippen molar-refractivity contribution in [2.75, 3.05) is 26.2 Å². The van der Waals surface area contributed by atoms with Gasteiger partial charge < -0.3 is 15.8 Å². The maximum Gasteiger partial charge on any atom is 0.215 e. The number of nitrogens with two attached hydrogens (primary N) is 1. The molecule has 0 saturated carbocycles. The van der Waals surface area contributed by atoms with E-state index in [0.717, 1.165) is 37.1 Å². The monoisotopic (exact) mass is 497 g/mol. The van der Waals surface area contributed by atoms with Crippen LogP contribution in [0.15, 0.2) is 36.4 Å². The van der Waals surface area contributed by atoms with E-state index < -0.39 is 10.0 Å². The molecule has 2 aromatic carbocycles. The van der Waals surface area contributed by atoms with E-state index in [2.05, 4.69) is 16.1 Å². The van der Waals surface area contributed by atoms with Crippen LogP contribution in [-0.2, 0) is 22.9 Å². The first-order valence-corrected chi connectivity index (χ1v) is 13.3. The van der Waals surface area contributed by atoms with Gasteiger partial charge in [-0.3, -0.25) is 0 Å². The molecule has 1 fully saturated rings. The molecule has 1 heterocycles. The van der Waals surface area contributed by atoms with Crippen LogP contribution in [0.3, 0.4) is 0 Å². The van der Waals surface area contributed by atoms with Crippen LogP contribution in [-0.4, -0.2) is 46.0 Å². The van der Waals surface area contributed by atoms with E-state index in [-0.39, 0.29) is 30.4 Å². The fourth-order valence-corrected chi connectivity index (χ4v) is 6.22. The number of sulfonamides is 1. The van der Waals surface area contributed by atoms with Gasteiger partial charge in [-0.2, -0.15) is 0 Å². The second kappa shape index (κ2) is 10.3. The number of hydrogen-bond acceptors (Lipinski definition) is 5. The summed E-state index contributed by atoms with van der Waals surface area (Å²) in [5.74, 6) is 0.867. The van der Waals surface area contributed by atoms with Gasteiger partial charge >= 0.3 is 0 Å². The average Bonchev–Trinajstić information content (AvgIpc) is 3.32. The number of ether oxygens (including phenoxy) is 1. The Labute approximate surface area is 199 Å². The van der Waals surface area contributed by atoms with E-state index in [1.807, 2.05) is 30.3 Å². The Morgan fingerprint density at radius 1 is 1.12 bits per heavy atom. The zero-order valence-electron chi connectivity index (χ0n) is 17.8. The average molecular weight is 498 g/mol. The predicted molar refractivity (Wildman–Crippen MR) is 129 cm³/mol. The molecule has 4 N–H and O–H groups in total. The van der Waals surface area contributed by atoms with E-state index in [1.165, 1.54) is 11.1 Å². The Hall–Kier alpha value is -1.35. The summed E-state index contributed by atoms with van der Waals surface area (Å²) in [7, 11) is -3.32. The van der Waals surface area contributed by atoms with Gasteiger partial charge in [0.05, 0.1) is 15.3 Å². The third-order valence-corrected chi connectivity index (χ3v) is 8.97. The topological polar surface area (TPSA) is 93.4 Å². The van der Waals surface area contributed by atoms with Gasteiger partial charge in [-0.25, -0.2) is 13.1 Å². The minimum Gasteiger partial charge on any atom is -0.492 e. The van der Waals surface area contributed by atoms with Gasteiger partial charge in [0.25, 0.3) is 0 Å². The lowest BCUT2D eigenvalue weighted by Gasteiger charge is -2.32. The molecule has 0 aromatic heterocycles. The van der Waals surface area contributed by atoms with Gasteiger partial charge in [0.1, 0.15) is 12.4 Å². The van der Waals surface area contributed by atoms with Crippen LogP contribution in [0, 0.1) is 0 Å². The second-order valence-electron chi connectivity index (χ2n) is 8.52. The molecule has 0 bridgehead atoms. The van der Waals surface area contributed by atoms with Gasteiger partial charge in [-0.15, -0.1) is 0 Å². The highest BCUT2D eigenvalue weighted by atomic mass is 35.5. The summed E-state index contributed by atoms with van der Waals surface area (Å²) in [6, 6.07) is 11.8.